The average molecular weight is 345 g/mol. The molecule has 2 aromatic carbocycles. The van der Waals surface area contributed by atoms with E-state index < -0.39 is 10.0 Å². The summed E-state index contributed by atoms with van der Waals surface area (Å²) in [6.45, 7) is 1.27. The Hall–Kier alpha value is -2.05. The predicted molar refractivity (Wildman–Crippen MR) is 89.9 cm³/mol. The summed E-state index contributed by atoms with van der Waals surface area (Å²) in [5.74, 6) is 1.36. The Morgan fingerprint density at radius 2 is 1.71 bits per heavy atom. The van der Waals surface area contributed by atoms with Crippen LogP contribution in [0.25, 0.3) is 0 Å². The van der Waals surface area contributed by atoms with Gasteiger partial charge in [0.2, 0.25) is 10.0 Å². The fourth-order valence-corrected chi connectivity index (χ4v) is 4.24. The summed E-state index contributed by atoms with van der Waals surface area (Å²) in [4.78, 5) is 0.334. The van der Waals surface area contributed by atoms with Gasteiger partial charge < -0.3 is 9.47 Å². The van der Waals surface area contributed by atoms with Crippen molar-refractivity contribution in [3.05, 3.63) is 53.1 Å². The van der Waals surface area contributed by atoms with Gasteiger partial charge in [-0.1, -0.05) is 12.1 Å². The van der Waals surface area contributed by atoms with Crippen molar-refractivity contribution < 1.29 is 17.9 Å². The van der Waals surface area contributed by atoms with Gasteiger partial charge in [0, 0.05) is 6.54 Å². The normalized spacial score (nSPS) is 16.0. The number of benzene rings is 2. The molecular weight excluding hydrogens is 326 g/mol. The zero-order valence-electron chi connectivity index (χ0n) is 13.2. The molecule has 0 radical (unpaired) electrons. The van der Waals surface area contributed by atoms with Crippen molar-refractivity contribution in [2.75, 3.05) is 13.2 Å². The fraction of sp³-hybridized carbons (Fsp3) is 0.333. The highest BCUT2D eigenvalue weighted by molar-refractivity contribution is 7.89. The molecule has 2 aliphatic rings. The summed E-state index contributed by atoms with van der Waals surface area (Å²) >= 11 is 0. The van der Waals surface area contributed by atoms with E-state index in [0.717, 1.165) is 30.4 Å². The molecule has 0 unspecified atom stereocenters. The third-order valence-electron chi connectivity index (χ3n) is 4.45. The first kappa shape index (κ1) is 15.5. The molecule has 0 saturated heterocycles. The van der Waals surface area contributed by atoms with Crippen molar-refractivity contribution in [1.29, 1.82) is 0 Å². The van der Waals surface area contributed by atoms with Crippen LogP contribution < -0.4 is 14.2 Å². The monoisotopic (exact) mass is 345 g/mol. The topological polar surface area (TPSA) is 64.6 Å². The summed E-state index contributed by atoms with van der Waals surface area (Å²) in [5, 5.41) is 0. The second-order valence-corrected chi connectivity index (χ2v) is 7.85. The molecule has 0 fully saturated rings. The highest BCUT2D eigenvalue weighted by atomic mass is 32.2. The van der Waals surface area contributed by atoms with Crippen LogP contribution >= 0.6 is 0 Å². The van der Waals surface area contributed by atoms with E-state index in [1.807, 2.05) is 24.3 Å². The number of nitrogens with one attached hydrogen (secondary N) is 1. The molecule has 1 aliphatic carbocycles. The van der Waals surface area contributed by atoms with E-state index in [-0.39, 0.29) is 6.54 Å². The minimum Gasteiger partial charge on any atom is -0.486 e. The van der Waals surface area contributed by atoms with Crippen LogP contribution in [0.3, 0.4) is 0 Å². The summed E-state index contributed by atoms with van der Waals surface area (Å²) in [7, 11) is -3.52. The van der Waals surface area contributed by atoms with Crippen LogP contribution in [0.15, 0.2) is 41.3 Å². The van der Waals surface area contributed by atoms with Gasteiger partial charge in [0.25, 0.3) is 0 Å². The highest BCUT2D eigenvalue weighted by Gasteiger charge is 2.19. The van der Waals surface area contributed by atoms with Crippen LogP contribution in [0.5, 0.6) is 11.5 Å². The lowest BCUT2D eigenvalue weighted by molar-refractivity contribution is 0.171. The third kappa shape index (κ3) is 2.99. The van der Waals surface area contributed by atoms with E-state index in [0.29, 0.717) is 29.6 Å². The van der Waals surface area contributed by atoms with Crippen molar-refractivity contribution in [2.45, 2.75) is 30.7 Å². The van der Waals surface area contributed by atoms with E-state index in [1.165, 1.54) is 5.56 Å². The smallest absolute Gasteiger partial charge is 0.240 e. The molecule has 0 bridgehead atoms. The van der Waals surface area contributed by atoms with Crippen LogP contribution in [0, 0.1) is 0 Å². The van der Waals surface area contributed by atoms with Crippen molar-refractivity contribution in [1.82, 2.24) is 4.72 Å². The highest BCUT2D eigenvalue weighted by Crippen LogP contribution is 2.31. The Balaban J connectivity index is 1.50. The van der Waals surface area contributed by atoms with Gasteiger partial charge in [-0.05, 0) is 60.2 Å². The SMILES string of the molecule is O=S(=O)(NCc1ccc2c(c1)OCCO2)c1ccc2c(c1)CCC2. The molecule has 0 aromatic heterocycles. The lowest BCUT2D eigenvalue weighted by atomic mass is 10.1. The Labute approximate surface area is 141 Å². The van der Waals surface area contributed by atoms with Gasteiger partial charge in [-0.15, -0.1) is 0 Å². The Bertz CT molecular complexity index is 877. The molecular formula is C18H19NO4S. The van der Waals surface area contributed by atoms with Gasteiger partial charge in [-0.25, -0.2) is 13.1 Å². The van der Waals surface area contributed by atoms with Crippen LogP contribution in [0.1, 0.15) is 23.1 Å². The summed E-state index contributed by atoms with van der Waals surface area (Å²) < 4.78 is 38.7. The largest absolute Gasteiger partial charge is 0.486 e. The van der Waals surface area contributed by atoms with E-state index in [9.17, 15) is 8.42 Å². The van der Waals surface area contributed by atoms with Crippen LogP contribution in [-0.4, -0.2) is 21.6 Å². The van der Waals surface area contributed by atoms with Gasteiger partial charge in [0.15, 0.2) is 11.5 Å². The van der Waals surface area contributed by atoms with Gasteiger partial charge >= 0.3 is 0 Å². The van der Waals surface area contributed by atoms with E-state index in [4.69, 9.17) is 9.47 Å². The van der Waals surface area contributed by atoms with Crippen LogP contribution in [-0.2, 0) is 29.4 Å². The number of fused-ring (bicyclic) bond motifs is 2. The molecule has 6 heteroatoms. The number of rotatable bonds is 4. The number of sulfonamides is 1. The minimum atomic E-state index is -3.52. The van der Waals surface area contributed by atoms with Crippen LogP contribution in [0.2, 0.25) is 0 Å². The zero-order valence-corrected chi connectivity index (χ0v) is 14.1. The zero-order chi connectivity index (χ0) is 16.6. The van der Waals surface area contributed by atoms with Crippen molar-refractivity contribution in [2.24, 2.45) is 0 Å². The average Bonchev–Trinajstić information content (AvgIpc) is 3.07. The number of aryl methyl sites for hydroxylation is 2. The minimum absolute atomic E-state index is 0.218. The molecule has 0 amide bonds. The van der Waals surface area contributed by atoms with E-state index in [1.54, 1.807) is 12.1 Å². The Morgan fingerprint density at radius 1 is 0.917 bits per heavy atom. The first-order valence-electron chi connectivity index (χ1n) is 8.12. The number of hydrogen-bond donors (Lipinski definition) is 1. The van der Waals surface area contributed by atoms with Gasteiger partial charge in [0.05, 0.1) is 4.90 Å². The fourth-order valence-electron chi connectivity index (χ4n) is 3.17. The molecule has 0 spiro atoms. The molecule has 5 nitrogen and oxygen atoms in total. The first-order chi connectivity index (χ1) is 11.6. The van der Waals surface area contributed by atoms with Crippen molar-refractivity contribution in [3.63, 3.8) is 0 Å². The summed E-state index contributed by atoms with van der Waals surface area (Å²) in [5.41, 5.74) is 3.25. The van der Waals surface area contributed by atoms with Crippen molar-refractivity contribution in [3.8, 4) is 11.5 Å². The second-order valence-electron chi connectivity index (χ2n) is 6.09. The van der Waals surface area contributed by atoms with Gasteiger partial charge in [-0.3, -0.25) is 0 Å². The molecule has 24 heavy (non-hydrogen) atoms. The Morgan fingerprint density at radius 3 is 2.58 bits per heavy atom. The lowest BCUT2D eigenvalue weighted by Gasteiger charge is -2.19. The van der Waals surface area contributed by atoms with Crippen molar-refractivity contribution >= 4 is 10.0 Å². The lowest BCUT2D eigenvalue weighted by Crippen LogP contribution is -2.23. The van der Waals surface area contributed by atoms with Gasteiger partial charge in [0.1, 0.15) is 13.2 Å². The maximum Gasteiger partial charge on any atom is 0.240 e. The molecule has 0 atom stereocenters. The van der Waals surface area contributed by atoms with E-state index >= 15 is 0 Å². The molecule has 126 valence electrons. The molecule has 4 rings (SSSR count). The molecule has 0 saturated carbocycles. The van der Waals surface area contributed by atoms with E-state index in [2.05, 4.69) is 4.72 Å². The quantitative estimate of drug-likeness (QED) is 0.924. The Kier molecular flexibility index (Phi) is 3.94. The van der Waals surface area contributed by atoms with Gasteiger partial charge in [-0.2, -0.15) is 0 Å². The third-order valence-corrected chi connectivity index (χ3v) is 5.85. The molecule has 1 heterocycles. The van der Waals surface area contributed by atoms with Crippen LogP contribution in [0.4, 0.5) is 0 Å². The molecule has 2 aromatic rings. The molecule has 1 aliphatic heterocycles. The second kappa shape index (κ2) is 6.11. The predicted octanol–water partition coefficient (Wildman–Crippen LogP) is 2.43. The molecule has 1 N–H and O–H groups in total. The number of ether oxygens (including phenoxy) is 2. The standard InChI is InChI=1S/C18H19NO4S/c20-24(21,16-6-5-14-2-1-3-15(14)11-16)19-12-13-4-7-17-18(10-13)23-9-8-22-17/h4-7,10-11,19H,1-3,8-9,12H2. The maximum atomic E-state index is 12.5. The first-order valence-corrected chi connectivity index (χ1v) is 9.60. The summed E-state index contributed by atoms with van der Waals surface area (Å²) in [6, 6.07) is 10.9. The number of hydrogen-bond acceptors (Lipinski definition) is 4. The maximum absolute atomic E-state index is 12.5. The summed E-state index contributed by atoms with van der Waals surface area (Å²) in [6.07, 6.45) is 3.10.